The van der Waals surface area contributed by atoms with Crippen LogP contribution in [0.25, 0.3) is 0 Å². The van der Waals surface area contributed by atoms with E-state index in [1.807, 2.05) is 24.7 Å². The van der Waals surface area contributed by atoms with Crippen molar-refractivity contribution in [2.45, 2.75) is 25.9 Å². The van der Waals surface area contributed by atoms with E-state index in [2.05, 4.69) is 4.98 Å². The average Bonchev–Trinajstić information content (AvgIpc) is 2.62. The van der Waals surface area contributed by atoms with E-state index in [9.17, 15) is 4.79 Å². The van der Waals surface area contributed by atoms with Gasteiger partial charge in [0, 0.05) is 26.5 Å². The summed E-state index contributed by atoms with van der Waals surface area (Å²) in [6, 6.07) is -0.407. The number of nitrogens with zero attached hydrogens (tertiary/aromatic N) is 3. The molecule has 0 aliphatic rings. The van der Waals surface area contributed by atoms with Crippen LogP contribution in [0.2, 0.25) is 0 Å². The molecule has 1 aromatic rings. The minimum Gasteiger partial charge on any atom is -0.337 e. The van der Waals surface area contributed by atoms with Crippen molar-refractivity contribution < 1.29 is 4.79 Å². The SMILES string of the molecule is CC[C@@H](N)C(=O)N(C)Cc1nccn1C. The summed E-state index contributed by atoms with van der Waals surface area (Å²) in [6.07, 6.45) is 4.23. The fourth-order valence-electron chi connectivity index (χ4n) is 1.30. The van der Waals surface area contributed by atoms with Crippen LogP contribution in [0.1, 0.15) is 19.2 Å². The molecule has 2 N–H and O–H groups in total. The van der Waals surface area contributed by atoms with Gasteiger partial charge < -0.3 is 15.2 Å². The molecule has 1 aromatic heterocycles. The number of carbonyl (C=O) groups is 1. The zero-order valence-corrected chi connectivity index (χ0v) is 9.47. The summed E-state index contributed by atoms with van der Waals surface area (Å²) in [5.74, 6) is 0.814. The van der Waals surface area contributed by atoms with Gasteiger partial charge in [-0.25, -0.2) is 4.98 Å². The lowest BCUT2D eigenvalue weighted by molar-refractivity contribution is -0.132. The molecule has 1 heterocycles. The van der Waals surface area contributed by atoms with Crippen molar-refractivity contribution in [3.05, 3.63) is 18.2 Å². The van der Waals surface area contributed by atoms with Crippen molar-refractivity contribution >= 4 is 5.91 Å². The van der Waals surface area contributed by atoms with E-state index in [0.717, 1.165) is 5.82 Å². The summed E-state index contributed by atoms with van der Waals surface area (Å²) in [6.45, 7) is 2.40. The highest BCUT2D eigenvalue weighted by molar-refractivity contribution is 5.81. The molecule has 0 saturated carbocycles. The number of imidazole rings is 1. The standard InChI is InChI=1S/C10H18N4O/c1-4-8(11)10(15)14(3)7-9-12-5-6-13(9)2/h5-6,8H,4,7,11H2,1-3H3/t8-/m1/s1. The quantitative estimate of drug-likeness (QED) is 0.767. The van der Waals surface area contributed by atoms with E-state index in [1.54, 1.807) is 18.1 Å². The van der Waals surface area contributed by atoms with Gasteiger partial charge in [0.2, 0.25) is 5.91 Å². The van der Waals surface area contributed by atoms with Crippen LogP contribution in [-0.4, -0.2) is 33.4 Å². The first-order valence-corrected chi connectivity index (χ1v) is 5.03. The first-order chi connectivity index (χ1) is 7.06. The van der Waals surface area contributed by atoms with E-state index < -0.39 is 6.04 Å². The van der Waals surface area contributed by atoms with Gasteiger partial charge in [0.25, 0.3) is 0 Å². The Balaban J connectivity index is 2.60. The van der Waals surface area contributed by atoms with Crippen LogP contribution in [0.4, 0.5) is 0 Å². The molecule has 0 bridgehead atoms. The molecule has 0 aromatic carbocycles. The largest absolute Gasteiger partial charge is 0.337 e. The van der Waals surface area contributed by atoms with Crippen LogP contribution >= 0.6 is 0 Å². The number of carbonyl (C=O) groups excluding carboxylic acids is 1. The summed E-state index contributed by atoms with van der Waals surface area (Å²) in [7, 11) is 3.65. The lowest BCUT2D eigenvalue weighted by atomic mass is 10.2. The first-order valence-electron chi connectivity index (χ1n) is 5.03. The highest BCUT2D eigenvalue weighted by atomic mass is 16.2. The van der Waals surface area contributed by atoms with Crippen LogP contribution in [0.3, 0.4) is 0 Å². The number of hydrogen-bond donors (Lipinski definition) is 1. The third-order valence-corrected chi connectivity index (χ3v) is 2.43. The maximum absolute atomic E-state index is 11.7. The van der Waals surface area contributed by atoms with Gasteiger partial charge in [-0.2, -0.15) is 0 Å². The molecule has 84 valence electrons. The van der Waals surface area contributed by atoms with Gasteiger partial charge in [0.1, 0.15) is 5.82 Å². The number of rotatable bonds is 4. The van der Waals surface area contributed by atoms with E-state index in [0.29, 0.717) is 13.0 Å². The Morgan fingerprint density at radius 1 is 1.73 bits per heavy atom. The highest BCUT2D eigenvalue weighted by Gasteiger charge is 2.17. The molecule has 15 heavy (non-hydrogen) atoms. The minimum absolute atomic E-state index is 0.0412. The Kier molecular flexibility index (Phi) is 3.85. The van der Waals surface area contributed by atoms with Crippen LogP contribution in [0, 0.1) is 0 Å². The van der Waals surface area contributed by atoms with Crippen LogP contribution in [-0.2, 0) is 18.4 Å². The second-order valence-corrected chi connectivity index (χ2v) is 3.66. The van der Waals surface area contributed by atoms with Gasteiger partial charge in [0.15, 0.2) is 0 Å². The zero-order chi connectivity index (χ0) is 11.4. The number of aryl methyl sites for hydroxylation is 1. The second-order valence-electron chi connectivity index (χ2n) is 3.66. The Morgan fingerprint density at radius 3 is 2.87 bits per heavy atom. The van der Waals surface area contributed by atoms with Crippen molar-refractivity contribution in [2.75, 3.05) is 7.05 Å². The van der Waals surface area contributed by atoms with E-state index in [4.69, 9.17) is 5.73 Å². The Labute approximate surface area is 89.9 Å². The molecular weight excluding hydrogens is 192 g/mol. The second kappa shape index (κ2) is 4.93. The van der Waals surface area contributed by atoms with Crippen molar-refractivity contribution in [3.8, 4) is 0 Å². The predicted octanol–water partition coefficient (Wildman–Crippen LogP) is 0.116. The normalized spacial score (nSPS) is 12.5. The van der Waals surface area contributed by atoms with Gasteiger partial charge in [0.05, 0.1) is 12.6 Å². The van der Waals surface area contributed by atoms with Gasteiger partial charge in [-0.1, -0.05) is 6.92 Å². The van der Waals surface area contributed by atoms with E-state index in [1.165, 1.54) is 0 Å². The molecule has 0 aliphatic heterocycles. The minimum atomic E-state index is -0.407. The maximum Gasteiger partial charge on any atom is 0.239 e. The Hall–Kier alpha value is -1.36. The summed E-state index contributed by atoms with van der Waals surface area (Å²) in [5, 5.41) is 0. The van der Waals surface area contributed by atoms with E-state index in [-0.39, 0.29) is 5.91 Å². The Morgan fingerprint density at radius 2 is 2.40 bits per heavy atom. The highest BCUT2D eigenvalue weighted by Crippen LogP contribution is 2.02. The molecule has 0 spiro atoms. The number of nitrogens with two attached hydrogens (primary N) is 1. The van der Waals surface area contributed by atoms with Crippen LogP contribution in [0.5, 0.6) is 0 Å². The van der Waals surface area contributed by atoms with Crippen molar-refractivity contribution in [1.82, 2.24) is 14.5 Å². The van der Waals surface area contributed by atoms with Crippen LogP contribution in [0.15, 0.2) is 12.4 Å². The van der Waals surface area contributed by atoms with Crippen molar-refractivity contribution in [2.24, 2.45) is 12.8 Å². The molecule has 0 saturated heterocycles. The smallest absolute Gasteiger partial charge is 0.239 e. The number of amides is 1. The first kappa shape index (κ1) is 11.7. The molecule has 0 radical (unpaired) electrons. The number of hydrogen-bond acceptors (Lipinski definition) is 3. The van der Waals surface area contributed by atoms with E-state index >= 15 is 0 Å². The third kappa shape index (κ3) is 2.79. The molecular formula is C10H18N4O. The molecule has 0 aliphatic carbocycles. The fraction of sp³-hybridized carbons (Fsp3) is 0.600. The van der Waals surface area contributed by atoms with Gasteiger partial charge in [-0.15, -0.1) is 0 Å². The summed E-state index contributed by atoms with van der Waals surface area (Å²) in [4.78, 5) is 17.4. The van der Waals surface area contributed by atoms with Crippen LogP contribution < -0.4 is 5.73 Å². The third-order valence-electron chi connectivity index (χ3n) is 2.43. The summed E-state index contributed by atoms with van der Waals surface area (Å²) >= 11 is 0. The molecule has 1 amide bonds. The lowest BCUT2D eigenvalue weighted by Gasteiger charge is -2.20. The van der Waals surface area contributed by atoms with Gasteiger partial charge in [-0.3, -0.25) is 4.79 Å². The lowest BCUT2D eigenvalue weighted by Crippen LogP contribution is -2.41. The molecule has 1 atom stereocenters. The average molecular weight is 210 g/mol. The fourth-order valence-corrected chi connectivity index (χ4v) is 1.30. The molecule has 1 rings (SSSR count). The Bertz CT molecular complexity index is 334. The monoisotopic (exact) mass is 210 g/mol. The van der Waals surface area contributed by atoms with Crippen molar-refractivity contribution in [1.29, 1.82) is 0 Å². The van der Waals surface area contributed by atoms with Gasteiger partial charge >= 0.3 is 0 Å². The van der Waals surface area contributed by atoms with Gasteiger partial charge in [-0.05, 0) is 6.42 Å². The molecule has 5 heteroatoms. The summed E-state index contributed by atoms with van der Waals surface area (Å²) < 4.78 is 1.89. The molecule has 0 unspecified atom stereocenters. The zero-order valence-electron chi connectivity index (χ0n) is 9.47. The molecule has 0 fully saturated rings. The number of likely N-dealkylation sites (N-methyl/N-ethyl adjacent to an activating group) is 1. The number of aromatic nitrogens is 2. The predicted molar refractivity (Wildman–Crippen MR) is 57.9 cm³/mol. The van der Waals surface area contributed by atoms with Crippen molar-refractivity contribution in [3.63, 3.8) is 0 Å². The topological polar surface area (TPSA) is 64.2 Å². The maximum atomic E-state index is 11.7. The summed E-state index contributed by atoms with van der Waals surface area (Å²) in [5.41, 5.74) is 5.67. The molecule has 5 nitrogen and oxygen atoms in total.